The fourth-order valence-electron chi connectivity index (χ4n) is 3.97. The van der Waals surface area contributed by atoms with Gasteiger partial charge in [-0.1, -0.05) is 25.0 Å². The Labute approximate surface area is 153 Å². The Morgan fingerprint density at radius 1 is 1.00 bits per heavy atom. The van der Waals surface area contributed by atoms with E-state index in [9.17, 15) is 13.2 Å². The van der Waals surface area contributed by atoms with Crippen molar-refractivity contribution >= 4 is 21.1 Å². The Morgan fingerprint density at radius 2 is 1.73 bits per heavy atom. The number of nitrogens with one attached hydrogen (secondary N) is 1. The van der Waals surface area contributed by atoms with E-state index in [-0.39, 0.29) is 5.56 Å². The van der Waals surface area contributed by atoms with E-state index in [2.05, 4.69) is 9.97 Å². The smallest absolute Gasteiger partial charge is 0.282 e. The first-order valence-corrected chi connectivity index (χ1v) is 10.7. The second-order valence-electron chi connectivity index (χ2n) is 7.06. The molecule has 1 aromatic carbocycles. The molecule has 0 spiro atoms. The monoisotopic (exact) mass is 376 g/mol. The van der Waals surface area contributed by atoms with Crippen molar-refractivity contribution in [1.29, 1.82) is 0 Å². The number of benzene rings is 1. The summed E-state index contributed by atoms with van der Waals surface area (Å²) < 4.78 is 29.6. The van der Waals surface area contributed by atoms with Gasteiger partial charge in [0.05, 0.1) is 16.9 Å². The van der Waals surface area contributed by atoms with Crippen molar-refractivity contribution in [2.45, 2.75) is 44.6 Å². The maximum Gasteiger partial charge on any atom is 0.282 e. The molecule has 1 aromatic heterocycles. The van der Waals surface area contributed by atoms with Crippen molar-refractivity contribution in [3.05, 3.63) is 40.4 Å². The lowest BCUT2D eigenvalue weighted by atomic mass is 10.2. The lowest BCUT2D eigenvalue weighted by Gasteiger charge is -2.29. The van der Waals surface area contributed by atoms with Gasteiger partial charge in [0.1, 0.15) is 5.82 Å². The van der Waals surface area contributed by atoms with Gasteiger partial charge in [-0.2, -0.15) is 17.0 Å². The number of nitrogens with zero attached hydrogens (tertiary/aromatic N) is 3. The zero-order valence-corrected chi connectivity index (χ0v) is 15.5. The molecule has 7 nitrogen and oxygen atoms in total. The molecule has 26 heavy (non-hydrogen) atoms. The van der Waals surface area contributed by atoms with Crippen LogP contribution in [0.4, 0.5) is 0 Å². The second kappa shape index (κ2) is 7.09. The van der Waals surface area contributed by atoms with E-state index < -0.39 is 16.3 Å². The van der Waals surface area contributed by atoms with E-state index >= 15 is 0 Å². The van der Waals surface area contributed by atoms with Gasteiger partial charge in [0, 0.05) is 19.6 Å². The molecular weight excluding hydrogens is 352 g/mol. The van der Waals surface area contributed by atoms with Gasteiger partial charge in [-0.05, 0) is 37.8 Å². The minimum Gasteiger partial charge on any atom is -0.309 e. The first-order valence-electron chi connectivity index (χ1n) is 9.33. The molecule has 0 radical (unpaired) electrons. The molecule has 1 N–H and O–H groups in total. The van der Waals surface area contributed by atoms with E-state index in [1.165, 1.54) is 4.31 Å². The second-order valence-corrected chi connectivity index (χ2v) is 8.94. The average molecular weight is 376 g/mol. The van der Waals surface area contributed by atoms with Crippen LogP contribution in [0.15, 0.2) is 29.1 Å². The van der Waals surface area contributed by atoms with E-state index in [1.807, 2.05) is 6.07 Å². The highest BCUT2D eigenvalue weighted by Crippen LogP contribution is 2.34. The van der Waals surface area contributed by atoms with Gasteiger partial charge in [0.25, 0.3) is 15.8 Å². The van der Waals surface area contributed by atoms with Crippen LogP contribution in [0.25, 0.3) is 10.9 Å². The maximum atomic E-state index is 13.2. The number of aromatic amines is 1. The van der Waals surface area contributed by atoms with Gasteiger partial charge < -0.3 is 4.98 Å². The average Bonchev–Trinajstić information content (AvgIpc) is 2.97. The summed E-state index contributed by atoms with van der Waals surface area (Å²) in [5.41, 5.74) is 0.384. The largest absolute Gasteiger partial charge is 0.309 e. The van der Waals surface area contributed by atoms with Gasteiger partial charge in [0.15, 0.2) is 0 Å². The molecule has 1 atom stereocenters. The van der Waals surface area contributed by atoms with Crippen LogP contribution in [0.3, 0.4) is 0 Å². The van der Waals surface area contributed by atoms with Gasteiger partial charge in [-0.25, -0.2) is 4.98 Å². The minimum absolute atomic E-state index is 0.218. The predicted molar refractivity (Wildman–Crippen MR) is 100 cm³/mol. The molecule has 0 amide bonds. The molecule has 0 saturated carbocycles. The quantitative estimate of drug-likeness (QED) is 0.890. The highest BCUT2D eigenvalue weighted by atomic mass is 32.2. The van der Waals surface area contributed by atoms with Crippen LogP contribution < -0.4 is 5.56 Å². The molecule has 140 valence electrons. The van der Waals surface area contributed by atoms with Crippen molar-refractivity contribution in [3.63, 3.8) is 0 Å². The van der Waals surface area contributed by atoms with Gasteiger partial charge in [-0.15, -0.1) is 0 Å². The van der Waals surface area contributed by atoms with Crippen LogP contribution >= 0.6 is 0 Å². The Bertz CT molecular complexity index is 948. The van der Waals surface area contributed by atoms with Gasteiger partial charge >= 0.3 is 0 Å². The fraction of sp³-hybridized carbons (Fsp3) is 0.556. The van der Waals surface area contributed by atoms with Gasteiger partial charge in [-0.3, -0.25) is 4.79 Å². The molecule has 0 aliphatic carbocycles. The van der Waals surface area contributed by atoms with E-state index in [1.54, 1.807) is 22.5 Å². The first kappa shape index (κ1) is 17.6. The summed E-state index contributed by atoms with van der Waals surface area (Å²) in [6, 6.07) is 6.74. The van der Waals surface area contributed by atoms with E-state index in [0.717, 1.165) is 32.1 Å². The highest BCUT2D eigenvalue weighted by Gasteiger charge is 2.40. The minimum atomic E-state index is -3.54. The number of H-pyrrole nitrogens is 1. The summed E-state index contributed by atoms with van der Waals surface area (Å²) in [4.78, 5) is 19.8. The molecule has 2 aliphatic rings. The van der Waals surface area contributed by atoms with Crippen LogP contribution in [-0.4, -0.2) is 46.6 Å². The van der Waals surface area contributed by atoms with E-state index in [0.29, 0.717) is 42.8 Å². The number of hydrogen-bond donors (Lipinski definition) is 1. The van der Waals surface area contributed by atoms with Crippen LogP contribution in [0.2, 0.25) is 0 Å². The summed E-state index contributed by atoms with van der Waals surface area (Å²) >= 11 is 0. The van der Waals surface area contributed by atoms with Crippen molar-refractivity contribution in [3.8, 4) is 0 Å². The normalized spacial score (nSPS) is 23.3. The molecule has 2 saturated heterocycles. The maximum absolute atomic E-state index is 13.2. The van der Waals surface area contributed by atoms with Crippen LogP contribution in [0, 0.1) is 0 Å². The zero-order chi connectivity index (χ0) is 18.1. The van der Waals surface area contributed by atoms with Crippen molar-refractivity contribution in [1.82, 2.24) is 18.6 Å². The number of fused-ring (bicyclic) bond motifs is 1. The molecule has 4 rings (SSSR count). The number of para-hydroxylation sites is 1. The Balaban J connectivity index is 1.69. The molecule has 2 aromatic rings. The number of rotatable bonds is 3. The SMILES string of the molecule is O=c1[nH]c(C2CCCN2S(=O)(=O)N2CCCCCC2)nc2ccccc12. The number of hydrogen-bond acceptors (Lipinski definition) is 4. The lowest BCUT2D eigenvalue weighted by Crippen LogP contribution is -2.44. The predicted octanol–water partition coefficient (Wildman–Crippen LogP) is 2.18. The highest BCUT2D eigenvalue weighted by molar-refractivity contribution is 7.86. The third kappa shape index (κ3) is 3.17. The van der Waals surface area contributed by atoms with Crippen molar-refractivity contribution < 1.29 is 8.42 Å². The Kier molecular flexibility index (Phi) is 4.81. The van der Waals surface area contributed by atoms with Crippen molar-refractivity contribution in [2.24, 2.45) is 0 Å². The van der Waals surface area contributed by atoms with Crippen LogP contribution in [0.5, 0.6) is 0 Å². The third-order valence-corrected chi connectivity index (χ3v) is 7.39. The first-order chi connectivity index (χ1) is 12.6. The number of aromatic nitrogens is 2. The lowest BCUT2D eigenvalue weighted by molar-refractivity contribution is 0.324. The van der Waals surface area contributed by atoms with Crippen LogP contribution in [-0.2, 0) is 10.2 Å². The Morgan fingerprint density at radius 3 is 2.50 bits per heavy atom. The van der Waals surface area contributed by atoms with Crippen molar-refractivity contribution in [2.75, 3.05) is 19.6 Å². The molecule has 3 heterocycles. The topological polar surface area (TPSA) is 86.4 Å². The Hall–Kier alpha value is -1.77. The molecular formula is C18H24N4O3S. The zero-order valence-electron chi connectivity index (χ0n) is 14.7. The summed E-state index contributed by atoms with van der Waals surface area (Å²) in [7, 11) is -3.54. The molecule has 2 aliphatic heterocycles. The molecule has 0 bridgehead atoms. The summed E-state index contributed by atoms with van der Waals surface area (Å²) in [5.74, 6) is 0.449. The molecule has 2 fully saturated rings. The standard InChI is InChI=1S/C18H24N4O3S/c23-18-14-8-3-4-9-15(14)19-17(20-18)16-10-7-13-22(16)26(24,25)21-11-5-1-2-6-12-21/h3-4,8-9,16H,1-2,5-7,10-13H2,(H,19,20,23). The molecule has 8 heteroatoms. The van der Waals surface area contributed by atoms with Gasteiger partial charge in [0.2, 0.25) is 0 Å². The van der Waals surface area contributed by atoms with E-state index in [4.69, 9.17) is 0 Å². The summed E-state index contributed by atoms with van der Waals surface area (Å²) in [6.07, 6.45) is 5.41. The third-order valence-electron chi connectivity index (χ3n) is 5.34. The molecule has 1 unspecified atom stereocenters. The summed E-state index contributed by atoms with van der Waals surface area (Å²) in [5, 5.41) is 0.524. The summed E-state index contributed by atoms with van der Waals surface area (Å²) in [6.45, 7) is 1.63. The fourth-order valence-corrected chi connectivity index (χ4v) is 5.88. The van der Waals surface area contributed by atoms with Crippen LogP contribution in [0.1, 0.15) is 50.4 Å².